The van der Waals surface area contributed by atoms with Crippen LogP contribution in [0.2, 0.25) is 0 Å². The van der Waals surface area contributed by atoms with Crippen LogP contribution >= 0.6 is 0 Å². The van der Waals surface area contributed by atoms with Crippen LogP contribution in [0.3, 0.4) is 0 Å². The van der Waals surface area contributed by atoms with Crippen molar-refractivity contribution in [3.63, 3.8) is 0 Å². The molecule has 0 spiro atoms. The summed E-state index contributed by atoms with van der Waals surface area (Å²) in [5, 5.41) is 14.8. The van der Waals surface area contributed by atoms with E-state index >= 15 is 0 Å². The minimum absolute atomic E-state index is 0.0913. The Morgan fingerprint density at radius 2 is 1.81 bits per heavy atom. The van der Waals surface area contributed by atoms with Gasteiger partial charge in [-0.2, -0.15) is 0 Å². The van der Waals surface area contributed by atoms with Gasteiger partial charge < -0.3 is 14.5 Å². The molecule has 3 heterocycles. The lowest BCUT2D eigenvalue weighted by atomic mass is 9.93. The van der Waals surface area contributed by atoms with Crippen molar-refractivity contribution >= 4 is 28.6 Å². The number of allylic oxidation sites excluding steroid dienone is 1. The SMILES string of the molecule is Cc1ccccc1-c1noc(C2CC2)c1/C=C/C1CCN(c2ccc3nc(C(=O)O)cc(C)c3c2)CC1. The van der Waals surface area contributed by atoms with Crippen LogP contribution in [0.5, 0.6) is 0 Å². The Hall–Kier alpha value is -3.93. The Morgan fingerprint density at radius 1 is 1.03 bits per heavy atom. The summed E-state index contributed by atoms with van der Waals surface area (Å²) < 4.78 is 5.86. The van der Waals surface area contributed by atoms with Crippen LogP contribution in [0.4, 0.5) is 5.69 Å². The van der Waals surface area contributed by atoms with Gasteiger partial charge in [-0.3, -0.25) is 0 Å². The molecule has 1 saturated carbocycles. The molecule has 4 aromatic rings. The number of pyridine rings is 1. The number of benzene rings is 2. The van der Waals surface area contributed by atoms with Crippen LogP contribution in [0.15, 0.2) is 59.1 Å². The summed E-state index contributed by atoms with van der Waals surface area (Å²) in [6, 6.07) is 16.2. The Labute approximate surface area is 216 Å². The number of anilines is 1. The standard InChI is InChI=1S/C31H31N3O3/c1-19-5-3-4-6-24(19)29-25(30(37-33-29)22-8-9-22)11-7-21-13-15-34(16-14-21)23-10-12-27-26(18-23)20(2)17-28(32-27)31(35)36/h3-7,10-12,17-18,21-22H,8-9,13-16H2,1-2H3,(H,35,36)/b11-7+. The number of piperidine rings is 1. The topological polar surface area (TPSA) is 79.5 Å². The summed E-state index contributed by atoms with van der Waals surface area (Å²) in [7, 11) is 0. The van der Waals surface area contributed by atoms with Crippen LogP contribution < -0.4 is 4.90 Å². The van der Waals surface area contributed by atoms with Crippen molar-refractivity contribution in [3.8, 4) is 11.3 Å². The third-order valence-electron chi connectivity index (χ3n) is 7.76. The van der Waals surface area contributed by atoms with Crippen molar-refractivity contribution in [1.29, 1.82) is 0 Å². The molecular formula is C31H31N3O3. The Kier molecular flexibility index (Phi) is 6.03. The second kappa shape index (κ2) is 9.51. The van der Waals surface area contributed by atoms with Gasteiger partial charge in [0.15, 0.2) is 0 Å². The van der Waals surface area contributed by atoms with E-state index in [2.05, 4.69) is 70.5 Å². The predicted molar refractivity (Wildman–Crippen MR) is 146 cm³/mol. The number of carbonyl (C=O) groups is 1. The van der Waals surface area contributed by atoms with Gasteiger partial charge in [-0.15, -0.1) is 0 Å². The first kappa shape index (κ1) is 23.5. The molecule has 2 aromatic heterocycles. The molecule has 0 bridgehead atoms. The number of aromatic nitrogens is 2. The molecule has 0 unspecified atom stereocenters. The number of hydrogen-bond donors (Lipinski definition) is 1. The number of carboxylic acid groups (broad SMARTS) is 1. The van der Waals surface area contributed by atoms with Gasteiger partial charge in [0.25, 0.3) is 0 Å². The van der Waals surface area contributed by atoms with Gasteiger partial charge in [-0.25, -0.2) is 9.78 Å². The van der Waals surface area contributed by atoms with Gasteiger partial charge in [0.05, 0.1) is 5.52 Å². The lowest BCUT2D eigenvalue weighted by Crippen LogP contribution is -2.33. The van der Waals surface area contributed by atoms with Crippen molar-refractivity contribution < 1.29 is 14.4 Å². The van der Waals surface area contributed by atoms with Crippen LogP contribution in [0.25, 0.3) is 28.2 Å². The van der Waals surface area contributed by atoms with E-state index in [1.807, 2.05) is 13.0 Å². The van der Waals surface area contributed by atoms with E-state index in [9.17, 15) is 9.90 Å². The molecule has 1 saturated heterocycles. The van der Waals surface area contributed by atoms with Crippen molar-refractivity contribution in [2.45, 2.75) is 45.4 Å². The van der Waals surface area contributed by atoms with E-state index in [-0.39, 0.29) is 5.69 Å². The fourth-order valence-electron chi connectivity index (χ4n) is 5.41. The first-order valence-corrected chi connectivity index (χ1v) is 13.1. The Balaban J connectivity index is 1.18. The molecule has 6 heteroatoms. The summed E-state index contributed by atoms with van der Waals surface area (Å²) in [6.45, 7) is 6.02. The van der Waals surface area contributed by atoms with Gasteiger partial charge in [0, 0.05) is 41.2 Å². The van der Waals surface area contributed by atoms with Gasteiger partial charge in [0.1, 0.15) is 17.1 Å². The van der Waals surface area contributed by atoms with Crippen LogP contribution in [0.1, 0.15) is 64.5 Å². The highest BCUT2D eigenvalue weighted by molar-refractivity contribution is 5.92. The monoisotopic (exact) mass is 493 g/mol. The normalized spacial score (nSPS) is 16.6. The molecule has 0 atom stereocenters. The highest BCUT2D eigenvalue weighted by atomic mass is 16.5. The smallest absolute Gasteiger partial charge is 0.354 e. The Bertz CT molecular complexity index is 1510. The number of aryl methyl sites for hydroxylation is 2. The molecule has 188 valence electrons. The van der Waals surface area contributed by atoms with E-state index in [4.69, 9.17) is 4.52 Å². The largest absolute Gasteiger partial charge is 0.477 e. The van der Waals surface area contributed by atoms with Gasteiger partial charge >= 0.3 is 5.97 Å². The average Bonchev–Trinajstić information content (AvgIpc) is 3.67. The average molecular weight is 494 g/mol. The maximum Gasteiger partial charge on any atom is 0.354 e. The molecule has 0 amide bonds. The fourth-order valence-corrected chi connectivity index (χ4v) is 5.41. The Morgan fingerprint density at radius 3 is 2.54 bits per heavy atom. The summed E-state index contributed by atoms with van der Waals surface area (Å²) in [4.78, 5) is 18.1. The molecule has 2 aromatic carbocycles. The second-order valence-electron chi connectivity index (χ2n) is 10.4. The third-order valence-corrected chi connectivity index (χ3v) is 7.76. The van der Waals surface area contributed by atoms with Crippen LogP contribution in [0, 0.1) is 19.8 Å². The fraction of sp³-hybridized carbons (Fsp3) is 0.323. The number of aromatic carboxylic acids is 1. The molecule has 6 nitrogen and oxygen atoms in total. The first-order valence-electron chi connectivity index (χ1n) is 13.1. The lowest BCUT2D eigenvalue weighted by Gasteiger charge is -2.32. The maximum atomic E-state index is 11.3. The molecule has 1 aliphatic heterocycles. The van der Waals surface area contributed by atoms with Crippen LogP contribution in [-0.4, -0.2) is 34.3 Å². The van der Waals surface area contributed by atoms with Gasteiger partial charge in [0.2, 0.25) is 0 Å². The highest BCUT2D eigenvalue weighted by Crippen LogP contribution is 2.45. The molecular weight excluding hydrogens is 462 g/mol. The molecule has 0 radical (unpaired) electrons. The quantitative estimate of drug-likeness (QED) is 0.311. The van der Waals surface area contributed by atoms with E-state index in [1.165, 1.54) is 24.1 Å². The minimum Gasteiger partial charge on any atom is -0.477 e. The second-order valence-corrected chi connectivity index (χ2v) is 10.4. The van der Waals surface area contributed by atoms with E-state index in [0.29, 0.717) is 11.8 Å². The summed E-state index contributed by atoms with van der Waals surface area (Å²) in [5.41, 5.74) is 7.38. The van der Waals surface area contributed by atoms with E-state index in [1.54, 1.807) is 6.07 Å². The number of hydrogen-bond acceptors (Lipinski definition) is 5. The molecule has 1 aliphatic carbocycles. The number of fused-ring (bicyclic) bond motifs is 1. The van der Waals surface area contributed by atoms with Crippen molar-refractivity contribution in [2.75, 3.05) is 18.0 Å². The number of nitrogens with zero attached hydrogens (tertiary/aromatic N) is 3. The lowest BCUT2D eigenvalue weighted by molar-refractivity contribution is 0.0691. The maximum absolute atomic E-state index is 11.3. The minimum atomic E-state index is -0.995. The predicted octanol–water partition coefficient (Wildman–Crippen LogP) is 7.01. The summed E-state index contributed by atoms with van der Waals surface area (Å²) in [6.07, 6.45) is 9.14. The summed E-state index contributed by atoms with van der Waals surface area (Å²) in [5.74, 6) is 1.05. The number of rotatable bonds is 6. The van der Waals surface area contributed by atoms with Crippen LogP contribution in [-0.2, 0) is 0 Å². The molecule has 37 heavy (non-hydrogen) atoms. The van der Waals surface area contributed by atoms with Gasteiger partial charge in [-0.05, 0) is 80.8 Å². The molecule has 6 rings (SSSR count). The zero-order chi connectivity index (χ0) is 25.5. The zero-order valence-electron chi connectivity index (χ0n) is 21.3. The zero-order valence-corrected chi connectivity index (χ0v) is 21.3. The highest BCUT2D eigenvalue weighted by Gasteiger charge is 2.32. The van der Waals surface area contributed by atoms with E-state index < -0.39 is 5.97 Å². The van der Waals surface area contributed by atoms with Gasteiger partial charge in [-0.1, -0.05) is 41.6 Å². The van der Waals surface area contributed by atoms with Crippen molar-refractivity contribution in [1.82, 2.24) is 10.1 Å². The van der Waals surface area contributed by atoms with Crippen molar-refractivity contribution in [2.24, 2.45) is 5.92 Å². The van der Waals surface area contributed by atoms with Crippen molar-refractivity contribution in [3.05, 3.63) is 82.8 Å². The third kappa shape index (κ3) is 4.64. The molecule has 2 aliphatic rings. The first-order chi connectivity index (χ1) is 18.0. The molecule has 1 N–H and O–H groups in total. The summed E-state index contributed by atoms with van der Waals surface area (Å²) >= 11 is 0. The number of carboxylic acids is 1. The molecule has 2 fully saturated rings. The van der Waals surface area contributed by atoms with E-state index in [0.717, 1.165) is 65.0 Å².